The average molecular weight is 580 g/mol. The fraction of sp³-hybridized carbons (Fsp3) is 0.300. The van der Waals surface area contributed by atoms with Crippen molar-refractivity contribution in [2.45, 2.75) is 78.6 Å². The predicted octanol–water partition coefficient (Wildman–Crippen LogP) is 11.0. The van der Waals surface area contributed by atoms with E-state index >= 15 is 0 Å². The molecule has 0 saturated carbocycles. The highest BCUT2D eigenvalue weighted by Crippen LogP contribution is 2.43. The minimum absolute atomic E-state index is 0.0240. The summed E-state index contributed by atoms with van der Waals surface area (Å²) in [6, 6.07) is 30.5. The Morgan fingerprint density at radius 2 is 1.23 bits per heavy atom. The Labute approximate surface area is 259 Å². The molecule has 4 heteroatoms. The van der Waals surface area contributed by atoms with Crippen molar-refractivity contribution in [1.82, 2.24) is 14.5 Å². The van der Waals surface area contributed by atoms with Gasteiger partial charge in [0.25, 0.3) is 0 Å². The van der Waals surface area contributed by atoms with Gasteiger partial charge in [0.15, 0.2) is 11.4 Å². The Bertz CT molecular complexity index is 2210. The van der Waals surface area contributed by atoms with Gasteiger partial charge in [0.2, 0.25) is 0 Å². The van der Waals surface area contributed by atoms with Crippen LogP contribution in [0.25, 0.3) is 60.8 Å². The summed E-state index contributed by atoms with van der Waals surface area (Å²) >= 11 is 0. The van der Waals surface area contributed by atoms with Crippen molar-refractivity contribution in [2.24, 2.45) is 0 Å². The Morgan fingerprint density at radius 1 is 0.545 bits per heavy atom. The molecule has 44 heavy (non-hydrogen) atoms. The molecule has 0 aliphatic carbocycles. The Hall–Kier alpha value is -4.44. The number of furan rings is 1. The Balaban J connectivity index is 1.63. The molecule has 4 nitrogen and oxygen atoms in total. The standard InChI is InChI=1S/C40H41N3O/c1-38(2,3)26-22-29-33-35(44-34(29)30(23-26)39(4,5)6)36(42-37(41-33)40(7,8)9)43-31-18-14-13-17-27(31)28-21-25(19-20-32(28)43)24-15-11-10-12-16-24/h10-23H,1-9H3. The van der Waals surface area contributed by atoms with E-state index in [2.05, 4.69) is 152 Å². The molecule has 0 fully saturated rings. The monoisotopic (exact) mass is 579 g/mol. The average Bonchev–Trinajstić information content (AvgIpc) is 3.51. The molecule has 0 aliphatic heterocycles. The summed E-state index contributed by atoms with van der Waals surface area (Å²) in [6.07, 6.45) is 0. The van der Waals surface area contributed by atoms with Gasteiger partial charge in [-0.05, 0) is 51.8 Å². The van der Waals surface area contributed by atoms with E-state index in [1.54, 1.807) is 0 Å². The van der Waals surface area contributed by atoms with Crippen LogP contribution in [0.1, 0.15) is 79.3 Å². The molecule has 0 atom stereocenters. The molecule has 222 valence electrons. The first-order chi connectivity index (χ1) is 20.7. The van der Waals surface area contributed by atoms with Crippen molar-refractivity contribution in [3.05, 3.63) is 102 Å². The lowest BCUT2D eigenvalue weighted by Gasteiger charge is -2.25. The topological polar surface area (TPSA) is 43.9 Å². The SMILES string of the molecule is CC(C)(C)c1cc(C(C)(C)C)c2oc3c(-n4c5ccccc5c5cc(-c6ccccc6)ccc54)nc(C(C)(C)C)nc3c2c1. The third-order valence-corrected chi connectivity index (χ3v) is 8.73. The fourth-order valence-electron chi connectivity index (χ4n) is 6.22. The predicted molar refractivity (Wildman–Crippen MR) is 185 cm³/mol. The van der Waals surface area contributed by atoms with Crippen LogP contribution < -0.4 is 0 Å². The molecular weight excluding hydrogens is 538 g/mol. The first-order valence-electron chi connectivity index (χ1n) is 15.6. The molecule has 0 amide bonds. The molecule has 0 spiro atoms. The third kappa shape index (κ3) is 4.51. The van der Waals surface area contributed by atoms with Gasteiger partial charge in [-0.15, -0.1) is 0 Å². The fourth-order valence-corrected chi connectivity index (χ4v) is 6.22. The highest BCUT2D eigenvalue weighted by atomic mass is 16.3. The van der Waals surface area contributed by atoms with Crippen LogP contribution in [0.2, 0.25) is 0 Å². The second-order valence-electron chi connectivity index (χ2n) is 15.3. The molecule has 7 rings (SSSR count). The number of para-hydroxylation sites is 1. The van der Waals surface area contributed by atoms with Gasteiger partial charge in [-0.1, -0.05) is 123 Å². The van der Waals surface area contributed by atoms with E-state index in [4.69, 9.17) is 14.4 Å². The van der Waals surface area contributed by atoms with Crippen LogP contribution in [0, 0.1) is 0 Å². The molecular formula is C40H41N3O. The van der Waals surface area contributed by atoms with Gasteiger partial charge >= 0.3 is 0 Å². The highest BCUT2D eigenvalue weighted by Gasteiger charge is 2.30. The Morgan fingerprint density at radius 3 is 1.91 bits per heavy atom. The van der Waals surface area contributed by atoms with E-state index in [1.807, 2.05) is 0 Å². The van der Waals surface area contributed by atoms with Gasteiger partial charge in [-0.2, -0.15) is 0 Å². The van der Waals surface area contributed by atoms with E-state index in [0.717, 1.165) is 44.7 Å². The smallest absolute Gasteiger partial charge is 0.197 e. The van der Waals surface area contributed by atoms with Gasteiger partial charge in [0.05, 0.1) is 11.0 Å². The van der Waals surface area contributed by atoms with Crippen molar-refractivity contribution in [1.29, 1.82) is 0 Å². The summed E-state index contributed by atoms with van der Waals surface area (Å²) in [5.74, 6) is 1.58. The normalized spacial score (nSPS) is 13.1. The molecule has 0 bridgehead atoms. The van der Waals surface area contributed by atoms with Crippen molar-refractivity contribution in [2.75, 3.05) is 0 Å². The van der Waals surface area contributed by atoms with Gasteiger partial charge in [0.1, 0.15) is 16.9 Å². The summed E-state index contributed by atoms with van der Waals surface area (Å²) in [5.41, 5.74) is 9.14. The van der Waals surface area contributed by atoms with Crippen LogP contribution in [-0.4, -0.2) is 14.5 Å². The maximum atomic E-state index is 6.95. The van der Waals surface area contributed by atoms with Gasteiger partial charge in [0, 0.05) is 27.1 Å². The molecule has 0 radical (unpaired) electrons. The van der Waals surface area contributed by atoms with Gasteiger partial charge < -0.3 is 4.42 Å². The number of benzene rings is 4. The molecule has 0 aliphatic rings. The second-order valence-corrected chi connectivity index (χ2v) is 15.3. The Kier molecular flexibility index (Phi) is 6.14. The number of rotatable bonds is 2. The molecule has 0 N–H and O–H groups in total. The molecule has 0 saturated heterocycles. The zero-order valence-corrected chi connectivity index (χ0v) is 27.3. The van der Waals surface area contributed by atoms with E-state index in [0.29, 0.717) is 0 Å². The van der Waals surface area contributed by atoms with Crippen molar-refractivity contribution >= 4 is 43.9 Å². The van der Waals surface area contributed by atoms with Crippen LogP contribution in [0.3, 0.4) is 0 Å². The summed E-state index contributed by atoms with van der Waals surface area (Å²) in [6.45, 7) is 20.1. The largest absolute Gasteiger partial charge is 0.450 e. The lowest BCUT2D eigenvalue weighted by molar-refractivity contribution is 0.543. The van der Waals surface area contributed by atoms with Crippen LogP contribution in [0.15, 0.2) is 89.3 Å². The molecule has 7 aromatic rings. The summed E-state index contributed by atoms with van der Waals surface area (Å²) in [7, 11) is 0. The number of hydrogen-bond donors (Lipinski definition) is 0. The first kappa shape index (κ1) is 28.3. The lowest BCUT2D eigenvalue weighted by Crippen LogP contribution is -2.18. The van der Waals surface area contributed by atoms with E-state index in [-0.39, 0.29) is 16.2 Å². The summed E-state index contributed by atoms with van der Waals surface area (Å²) < 4.78 is 9.23. The van der Waals surface area contributed by atoms with Crippen molar-refractivity contribution in [3.8, 4) is 16.9 Å². The van der Waals surface area contributed by atoms with E-state index < -0.39 is 0 Å². The van der Waals surface area contributed by atoms with Crippen molar-refractivity contribution < 1.29 is 4.42 Å². The first-order valence-corrected chi connectivity index (χ1v) is 15.6. The van der Waals surface area contributed by atoms with Crippen LogP contribution >= 0.6 is 0 Å². The molecule has 3 heterocycles. The lowest BCUT2D eigenvalue weighted by atomic mass is 9.79. The summed E-state index contributed by atoms with van der Waals surface area (Å²) in [5, 5.41) is 3.43. The molecule has 4 aromatic carbocycles. The van der Waals surface area contributed by atoms with Crippen LogP contribution in [0.5, 0.6) is 0 Å². The number of aromatic nitrogens is 3. The van der Waals surface area contributed by atoms with E-state index in [9.17, 15) is 0 Å². The number of hydrogen-bond acceptors (Lipinski definition) is 3. The zero-order chi connectivity index (χ0) is 31.2. The minimum atomic E-state index is -0.264. The van der Waals surface area contributed by atoms with Crippen LogP contribution in [0.4, 0.5) is 0 Å². The minimum Gasteiger partial charge on any atom is -0.450 e. The molecule has 0 unspecified atom stereocenters. The second kappa shape index (κ2) is 9.53. The summed E-state index contributed by atoms with van der Waals surface area (Å²) in [4.78, 5) is 10.6. The number of fused-ring (bicyclic) bond motifs is 6. The van der Waals surface area contributed by atoms with Gasteiger partial charge in [-0.25, -0.2) is 9.97 Å². The zero-order valence-electron chi connectivity index (χ0n) is 27.3. The third-order valence-electron chi connectivity index (χ3n) is 8.73. The quantitative estimate of drug-likeness (QED) is 0.205. The maximum absolute atomic E-state index is 6.95. The van der Waals surface area contributed by atoms with E-state index in [1.165, 1.54) is 33.0 Å². The maximum Gasteiger partial charge on any atom is 0.197 e. The molecule has 3 aromatic heterocycles. The van der Waals surface area contributed by atoms with Crippen molar-refractivity contribution in [3.63, 3.8) is 0 Å². The van der Waals surface area contributed by atoms with Gasteiger partial charge in [-0.3, -0.25) is 4.57 Å². The highest BCUT2D eigenvalue weighted by molar-refractivity contribution is 6.12. The van der Waals surface area contributed by atoms with Crippen LogP contribution in [-0.2, 0) is 16.2 Å². The number of nitrogens with zero attached hydrogens (tertiary/aromatic N) is 3.